The number of benzene rings is 1. The molecule has 0 spiro atoms. The molecule has 0 aromatic heterocycles. The quantitative estimate of drug-likeness (QED) is 0.891. The molecule has 18 heavy (non-hydrogen) atoms. The first-order valence-corrected chi connectivity index (χ1v) is 5.87. The van der Waals surface area contributed by atoms with E-state index in [0.29, 0.717) is 18.8 Å². The Hall–Kier alpha value is -2.04. The van der Waals surface area contributed by atoms with Crippen LogP contribution in [0.3, 0.4) is 0 Å². The molecule has 1 N–H and O–H groups in total. The lowest BCUT2D eigenvalue weighted by Crippen LogP contribution is -2.41. The molecule has 98 valence electrons. The first-order chi connectivity index (χ1) is 8.52. The lowest BCUT2D eigenvalue weighted by molar-refractivity contribution is 0.0697. The second-order valence-corrected chi connectivity index (χ2v) is 3.84. The minimum atomic E-state index is -1.04. The fourth-order valence-corrected chi connectivity index (χ4v) is 1.76. The van der Waals surface area contributed by atoms with Gasteiger partial charge in [0.15, 0.2) is 0 Å². The highest BCUT2D eigenvalue weighted by molar-refractivity contribution is 6.01. The first-order valence-electron chi connectivity index (χ1n) is 5.87. The summed E-state index contributed by atoms with van der Waals surface area (Å²) >= 11 is 0. The molecule has 0 aliphatic heterocycles. The van der Waals surface area contributed by atoms with Crippen LogP contribution < -0.4 is 4.90 Å². The summed E-state index contributed by atoms with van der Waals surface area (Å²) in [7, 11) is 1.59. The zero-order chi connectivity index (χ0) is 13.7. The van der Waals surface area contributed by atoms with Gasteiger partial charge in [0, 0.05) is 20.1 Å². The number of carboxylic acid groups (broad SMARTS) is 1. The van der Waals surface area contributed by atoms with Gasteiger partial charge in [-0.2, -0.15) is 0 Å². The minimum Gasteiger partial charge on any atom is -0.478 e. The van der Waals surface area contributed by atoms with Gasteiger partial charge < -0.3 is 10.0 Å². The van der Waals surface area contributed by atoms with E-state index in [1.54, 1.807) is 30.1 Å². The summed E-state index contributed by atoms with van der Waals surface area (Å²) in [6, 6.07) is 6.28. The van der Waals surface area contributed by atoms with Crippen LogP contribution in [-0.4, -0.2) is 42.1 Å². The third-order valence-corrected chi connectivity index (χ3v) is 2.82. The summed E-state index contributed by atoms with van der Waals surface area (Å²) in [5.74, 6) is -1.04. The van der Waals surface area contributed by atoms with Crippen molar-refractivity contribution < 1.29 is 14.7 Å². The van der Waals surface area contributed by atoms with E-state index in [0.717, 1.165) is 0 Å². The molecule has 0 saturated heterocycles. The van der Waals surface area contributed by atoms with Crippen LogP contribution in [0, 0.1) is 0 Å². The second kappa shape index (κ2) is 6.05. The SMILES string of the molecule is CCN(CC)C(=O)N(C)c1ccccc1C(=O)O. The number of anilines is 1. The van der Waals surface area contributed by atoms with Crippen molar-refractivity contribution in [2.24, 2.45) is 0 Å². The molecule has 0 fully saturated rings. The number of hydrogen-bond acceptors (Lipinski definition) is 2. The number of urea groups is 1. The average molecular weight is 250 g/mol. The fraction of sp³-hybridized carbons (Fsp3) is 0.385. The molecule has 1 aromatic carbocycles. The van der Waals surface area contributed by atoms with Gasteiger partial charge in [0.25, 0.3) is 0 Å². The normalized spacial score (nSPS) is 9.94. The third-order valence-electron chi connectivity index (χ3n) is 2.82. The Balaban J connectivity index is 3.07. The van der Waals surface area contributed by atoms with Crippen LogP contribution in [0.25, 0.3) is 0 Å². The van der Waals surface area contributed by atoms with E-state index in [1.807, 2.05) is 13.8 Å². The van der Waals surface area contributed by atoms with Crippen molar-refractivity contribution in [1.29, 1.82) is 0 Å². The third kappa shape index (κ3) is 2.80. The highest BCUT2D eigenvalue weighted by Gasteiger charge is 2.20. The smallest absolute Gasteiger partial charge is 0.337 e. The molecule has 0 radical (unpaired) electrons. The Morgan fingerprint density at radius 1 is 1.17 bits per heavy atom. The second-order valence-electron chi connectivity index (χ2n) is 3.84. The molecule has 0 aliphatic carbocycles. The maximum absolute atomic E-state index is 12.1. The van der Waals surface area contributed by atoms with Gasteiger partial charge in [-0.05, 0) is 26.0 Å². The topological polar surface area (TPSA) is 60.9 Å². The van der Waals surface area contributed by atoms with Crippen molar-refractivity contribution in [2.45, 2.75) is 13.8 Å². The Morgan fingerprint density at radius 3 is 2.22 bits per heavy atom. The predicted octanol–water partition coefficient (Wildman–Crippen LogP) is 2.28. The maximum atomic E-state index is 12.1. The summed E-state index contributed by atoms with van der Waals surface area (Å²) in [6.45, 7) is 4.96. The van der Waals surface area contributed by atoms with Crippen molar-refractivity contribution in [3.63, 3.8) is 0 Å². The number of hydrogen-bond donors (Lipinski definition) is 1. The largest absolute Gasteiger partial charge is 0.478 e. The van der Waals surface area contributed by atoms with Crippen molar-refractivity contribution in [1.82, 2.24) is 4.90 Å². The Bertz CT molecular complexity index is 442. The average Bonchev–Trinajstić information content (AvgIpc) is 2.39. The molecule has 2 amide bonds. The number of para-hydroxylation sites is 1. The molecule has 0 saturated carbocycles. The number of rotatable bonds is 4. The van der Waals surface area contributed by atoms with Gasteiger partial charge in [-0.25, -0.2) is 9.59 Å². The molecular formula is C13H18N2O3. The van der Waals surface area contributed by atoms with Gasteiger partial charge in [-0.1, -0.05) is 12.1 Å². The van der Waals surface area contributed by atoms with Crippen LogP contribution >= 0.6 is 0 Å². The fourth-order valence-electron chi connectivity index (χ4n) is 1.76. The monoisotopic (exact) mass is 250 g/mol. The zero-order valence-corrected chi connectivity index (χ0v) is 10.9. The number of carbonyl (C=O) groups excluding carboxylic acids is 1. The van der Waals surface area contributed by atoms with Gasteiger partial charge in [-0.15, -0.1) is 0 Å². The number of nitrogens with zero attached hydrogens (tertiary/aromatic N) is 2. The van der Waals surface area contributed by atoms with Crippen molar-refractivity contribution in [2.75, 3.05) is 25.0 Å². The predicted molar refractivity (Wildman–Crippen MR) is 70.1 cm³/mol. The van der Waals surface area contributed by atoms with E-state index >= 15 is 0 Å². The van der Waals surface area contributed by atoms with Crippen LogP contribution in [-0.2, 0) is 0 Å². The van der Waals surface area contributed by atoms with Gasteiger partial charge in [-0.3, -0.25) is 4.90 Å². The van der Waals surface area contributed by atoms with Crippen LogP contribution in [0.5, 0.6) is 0 Å². The van der Waals surface area contributed by atoms with E-state index in [2.05, 4.69) is 0 Å². The van der Waals surface area contributed by atoms with Crippen LogP contribution in [0.2, 0.25) is 0 Å². The summed E-state index contributed by atoms with van der Waals surface area (Å²) < 4.78 is 0. The van der Waals surface area contributed by atoms with E-state index in [1.165, 1.54) is 11.0 Å². The van der Waals surface area contributed by atoms with Crippen molar-refractivity contribution >= 4 is 17.7 Å². The van der Waals surface area contributed by atoms with E-state index < -0.39 is 5.97 Å². The Labute approximate surface area is 107 Å². The van der Waals surface area contributed by atoms with Crippen LogP contribution in [0.15, 0.2) is 24.3 Å². The van der Waals surface area contributed by atoms with E-state index in [4.69, 9.17) is 5.11 Å². The minimum absolute atomic E-state index is 0.125. The Kier molecular flexibility index (Phi) is 4.71. The number of carboxylic acids is 1. The number of amides is 2. The molecule has 0 bridgehead atoms. The standard InChI is InChI=1S/C13H18N2O3/c1-4-15(5-2)13(18)14(3)11-9-7-6-8-10(11)12(16)17/h6-9H,4-5H2,1-3H3,(H,16,17). The summed E-state index contributed by atoms with van der Waals surface area (Å²) in [5.41, 5.74) is 0.530. The molecule has 1 aromatic rings. The highest BCUT2D eigenvalue weighted by atomic mass is 16.4. The van der Waals surface area contributed by atoms with Crippen molar-refractivity contribution in [3.8, 4) is 0 Å². The van der Waals surface area contributed by atoms with E-state index in [9.17, 15) is 9.59 Å². The molecule has 5 heteroatoms. The van der Waals surface area contributed by atoms with Crippen LogP contribution in [0.1, 0.15) is 24.2 Å². The van der Waals surface area contributed by atoms with E-state index in [-0.39, 0.29) is 11.6 Å². The molecular weight excluding hydrogens is 232 g/mol. The lowest BCUT2D eigenvalue weighted by atomic mass is 10.1. The first kappa shape index (κ1) is 14.0. The summed E-state index contributed by atoms with van der Waals surface area (Å²) in [5, 5.41) is 9.10. The molecule has 5 nitrogen and oxygen atoms in total. The highest BCUT2D eigenvalue weighted by Crippen LogP contribution is 2.20. The summed E-state index contributed by atoms with van der Waals surface area (Å²) in [6.07, 6.45) is 0. The van der Waals surface area contributed by atoms with Gasteiger partial charge in [0.05, 0.1) is 11.3 Å². The van der Waals surface area contributed by atoms with Crippen molar-refractivity contribution in [3.05, 3.63) is 29.8 Å². The molecule has 0 aliphatic rings. The molecule has 0 heterocycles. The maximum Gasteiger partial charge on any atom is 0.337 e. The molecule has 0 unspecified atom stereocenters. The van der Waals surface area contributed by atoms with Crippen LogP contribution in [0.4, 0.5) is 10.5 Å². The summed E-state index contributed by atoms with van der Waals surface area (Å²) in [4.78, 5) is 26.3. The number of carbonyl (C=O) groups is 2. The number of aromatic carboxylic acids is 1. The molecule has 0 atom stereocenters. The molecule has 1 rings (SSSR count). The lowest BCUT2D eigenvalue weighted by Gasteiger charge is -2.27. The van der Waals surface area contributed by atoms with Gasteiger partial charge in [0.1, 0.15) is 0 Å². The van der Waals surface area contributed by atoms with Gasteiger partial charge >= 0.3 is 12.0 Å². The van der Waals surface area contributed by atoms with Gasteiger partial charge in [0.2, 0.25) is 0 Å². The zero-order valence-electron chi connectivity index (χ0n) is 10.9. The Morgan fingerprint density at radius 2 is 1.72 bits per heavy atom.